The molecular weight excluding hydrogens is 586 g/mol. The van der Waals surface area contributed by atoms with Crippen LogP contribution in [-0.2, 0) is 17.1 Å². The normalized spacial score (nSPS) is 15.3. The molecule has 1 aliphatic heterocycles. The van der Waals surface area contributed by atoms with Crippen LogP contribution in [0, 0.1) is 0 Å². The minimum atomic E-state index is -4.96. The highest BCUT2D eigenvalue weighted by Crippen LogP contribution is 2.40. The van der Waals surface area contributed by atoms with Crippen LogP contribution in [0.3, 0.4) is 0 Å². The number of carbonyl (C=O) groups excluding carboxylic acids is 1. The first-order valence-corrected chi connectivity index (χ1v) is 13.0. The van der Waals surface area contributed by atoms with Crippen molar-refractivity contribution in [2.24, 2.45) is 0 Å². The van der Waals surface area contributed by atoms with Gasteiger partial charge in [-0.1, -0.05) is 24.0 Å². The van der Waals surface area contributed by atoms with E-state index in [1.807, 2.05) is 0 Å². The standard InChI is InChI=1S/C25H16F6N2O3S3/c26-24(27,28)16-7-14(8-17(10-16)25(29,30)31)15-9-19(38-12-15)11-20-21(34)33(23(37)39-20)6-5-32-18-3-1-13(2-4-18)22(35)36/h1-4,7-12,32H,5-6H2,(H,35,36). The van der Waals surface area contributed by atoms with Crippen LogP contribution in [-0.4, -0.2) is 39.3 Å². The lowest BCUT2D eigenvalue weighted by atomic mass is 10.0. The van der Waals surface area contributed by atoms with Crippen LogP contribution >= 0.6 is 35.3 Å². The van der Waals surface area contributed by atoms with Crippen LogP contribution < -0.4 is 5.32 Å². The molecule has 4 rings (SSSR count). The molecule has 1 fully saturated rings. The molecule has 0 saturated carbocycles. The van der Waals surface area contributed by atoms with Crippen LogP contribution in [0.1, 0.15) is 26.4 Å². The Balaban J connectivity index is 1.47. The van der Waals surface area contributed by atoms with Crippen LogP contribution in [0.15, 0.2) is 58.8 Å². The van der Waals surface area contributed by atoms with Gasteiger partial charge < -0.3 is 10.4 Å². The Kier molecular flexibility index (Phi) is 8.09. The number of nitrogens with one attached hydrogen (secondary N) is 1. The van der Waals surface area contributed by atoms with E-state index >= 15 is 0 Å². The highest BCUT2D eigenvalue weighted by atomic mass is 32.2. The summed E-state index contributed by atoms with van der Waals surface area (Å²) in [4.78, 5) is 25.9. The van der Waals surface area contributed by atoms with Crippen molar-refractivity contribution >= 4 is 63.3 Å². The summed E-state index contributed by atoms with van der Waals surface area (Å²) in [7, 11) is 0. The molecule has 0 unspecified atom stereocenters. The summed E-state index contributed by atoms with van der Waals surface area (Å²) in [6, 6.07) is 8.84. The van der Waals surface area contributed by atoms with Gasteiger partial charge in [-0.25, -0.2) is 4.79 Å². The first kappa shape index (κ1) is 28.6. The molecule has 2 heterocycles. The Morgan fingerprint density at radius 2 is 1.59 bits per heavy atom. The summed E-state index contributed by atoms with van der Waals surface area (Å²) < 4.78 is 79.6. The Bertz CT molecular complexity index is 1430. The molecule has 39 heavy (non-hydrogen) atoms. The van der Waals surface area contributed by atoms with Gasteiger partial charge in [0.25, 0.3) is 5.91 Å². The molecule has 14 heteroatoms. The van der Waals surface area contributed by atoms with E-state index in [2.05, 4.69) is 5.32 Å². The van der Waals surface area contributed by atoms with Crippen LogP contribution in [0.25, 0.3) is 17.2 Å². The second-order valence-corrected chi connectivity index (χ2v) is 10.8. The van der Waals surface area contributed by atoms with Gasteiger partial charge >= 0.3 is 18.3 Å². The van der Waals surface area contributed by atoms with Gasteiger partial charge in [-0.15, -0.1) is 11.3 Å². The number of hydrogen-bond acceptors (Lipinski definition) is 6. The highest BCUT2D eigenvalue weighted by molar-refractivity contribution is 8.26. The van der Waals surface area contributed by atoms with Crippen molar-refractivity contribution in [1.82, 2.24) is 4.90 Å². The van der Waals surface area contributed by atoms with Gasteiger partial charge in [-0.2, -0.15) is 26.3 Å². The first-order valence-electron chi connectivity index (χ1n) is 10.9. The van der Waals surface area contributed by atoms with Gasteiger partial charge in [0.05, 0.1) is 21.6 Å². The average molecular weight is 603 g/mol. The van der Waals surface area contributed by atoms with E-state index in [1.54, 1.807) is 12.1 Å². The lowest BCUT2D eigenvalue weighted by molar-refractivity contribution is -0.143. The summed E-state index contributed by atoms with van der Waals surface area (Å²) >= 11 is 7.38. The fraction of sp³-hybridized carbons (Fsp3) is 0.160. The molecule has 1 amide bonds. The Morgan fingerprint density at radius 1 is 0.974 bits per heavy atom. The molecule has 0 aliphatic carbocycles. The number of carboxylic acid groups (broad SMARTS) is 1. The Hall–Kier alpha value is -3.36. The quantitative estimate of drug-likeness (QED) is 0.166. The zero-order valence-electron chi connectivity index (χ0n) is 19.4. The molecule has 2 aromatic carbocycles. The third-order valence-electron chi connectivity index (χ3n) is 5.48. The fourth-order valence-electron chi connectivity index (χ4n) is 3.57. The number of carboxylic acids is 1. The number of halogens is 6. The SMILES string of the molecule is O=C(O)c1ccc(NCCN2C(=O)C(=Cc3cc(-c4cc(C(F)(F)F)cc(C(F)(F)F)c4)cs3)SC2=S)cc1. The van der Waals surface area contributed by atoms with E-state index < -0.39 is 29.4 Å². The minimum absolute atomic E-state index is 0.0715. The Morgan fingerprint density at radius 3 is 2.15 bits per heavy atom. The molecule has 0 spiro atoms. The number of amides is 1. The van der Waals surface area contributed by atoms with Gasteiger partial charge in [0.1, 0.15) is 4.32 Å². The lowest BCUT2D eigenvalue weighted by Crippen LogP contribution is -2.32. The Labute approximate surface area is 231 Å². The molecule has 0 bridgehead atoms. The van der Waals surface area contributed by atoms with E-state index in [0.717, 1.165) is 23.1 Å². The second-order valence-electron chi connectivity index (χ2n) is 8.17. The fourth-order valence-corrected chi connectivity index (χ4v) is 5.79. The largest absolute Gasteiger partial charge is 0.478 e. The number of thiophene rings is 1. The van der Waals surface area contributed by atoms with Crippen LogP contribution in [0.4, 0.5) is 32.0 Å². The van der Waals surface area contributed by atoms with Crippen molar-refractivity contribution in [2.75, 3.05) is 18.4 Å². The molecule has 0 atom stereocenters. The lowest BCUT2D eigenvalue weighted by Gasteiger charge is -2.15. The number of carbonyl (C=O) groups is 2. The summed E-state index contributed by atoms with van der Waals surface area (Å²) in [5, 5.41) is 13.4. The van der Waals surface area contributed by atoms with Gasteiger partial charge in [-0.05, 0) is 71.1 Å². The predicted molar refractivity (Wildman–Crippen MR) is 142 cm³/mol. The molecule has 5 nitrogen and oxygen atoms in total. The highest BCUT2D eigenvalue weighted by Gasteiger charge is 2.37. The molecule has 0 radical (unpaired) electrons. The molecule has 1 saturated heterocycles. The number of hydrogen-bond donors (Lipinski definition) is 2. The van der Waals surface area contributed by atoms with Gasteiger partial charge in [0, 0.05) is 23.7 Å². The second kappa shape index (κ2) is 11.0. The minimum Gasteiger partial charge on any atom is -0.478 e. The smallest absolute Gasteiger partial charge is 0.416 e. The zero-order chi connectivity index (χ0) is 28.5. The number of aromatic carboxylic acids is 1. The summed E-state index contributed by atoms with van der Waals surface area (Å²) in [6.45, 7) is 0.523. The van der Waals surface area contributed by atoms with Crippen molar-refractivity contribution in [1.29, 1.82) is 0 Å². The van der Waals surface area contributed by atoms with Crippen LogP contribution in [0.2, 0.25) is 0 Å². The number of thiocarbonyl (C=S) groups is 1. The third kappa shape index (κ3) is 6.81. The molecule has 3 aromatic rings. The van der Waals surface area contributed by atoms with Crippen molar-refractivity contribution < 1.29 is 41.0 Å². The van der Waals surface area contributed by atoms with E-state index in [-0.39, 0.29) is 40.1 Å². The number of nitrogens with zero attached hydrogens (tertiary/aromatic N) is 1. The van der Waals surface area contributed by atoms with Crippen molar-refractivity contribution in [3.05, 3.63) is 80.4 Å². The summed E-state index contributed by atoms with van der Waals surface area (Å²) in [5.41, 5.74) is -2.14. The number of alkyl halides is 6. The maximum absolute atomic E-state index is 13.2. The average Bonchev–Trinajstić information content (AvgIpc) is 3.43. The predicted octanol–water partition coefficient (Wildman–Crippen LogP) is 7.46. The summed E-state index contributed by atoms with van der Waals surface area (Å²) in [6.07, 6.45) is -8.43. The van der Waals surface area contributed by atoms with E-state index in [9.17, 15) is 35.9 Å². The molecular formula is C25H16F6N2O3S3. The summed E-state index contributed by atoms with van der Waals surface area (Å²) in [5.74, 6) is -1.44. The maximum atomic E-state index is 13.2. The number of thioether (sulfide) groups is 1. The molecule has 204 valence electrons. The van der Waals surface area contributed by atoms with E-state index in [0.29, 0.717) is 33.6 Å². The molecule has 1 aliphatic rings. The molecule has 2 N–H and O–H groups in total. The zero-order valence-corrected chi connectivity index (χ0v) is 21.8. The number of benzene rings is 2. The maximum Gasteiger partial charge on any atom is 0.416 e. The number of anilines is 1. The van der Waals surface area contributed by atoms with Crippen molar-refractivity contribution in [3.63, 3.8) is 0 Å². The first-order chi connectivity index (χ1) is 18.2. The van der Waals surface area contributed by atoms with Crippen molar-refractivity contribution in [3.8, 4) is 11.1 Å². The van der Waals surface area contributed by atoms with E-state index in [4.69, 9.17) is 17.3 Å². The van der Waals surface area contributed by atoms with Gasteiger partial charge in [-0.3, -0.25) is 9.69 Å². The topological polar surface area (TPSA) is 69.6 Å². The van der Waals surface area contributed by atoms with E-state index in [1.165, 1.54) is 34.6 Å². The molecule has 1 aromatic heterocycles. The third-order valence-corrected chi connectivity index (χ3v) is 7.74. The van der Waals surface area contributed by atoms with Crippen LogP contribution in [0.5, 0.6) is 0 Å². The van der Waals surface area contributed by atoms with Gasteiger partial charge in [0.2, 0.25) is 0 Å². The monoisotopic (exact) mass is 602 g/mol. The van der Waals surface area contributed by atoms with Gasteiger partial charge in [0.15, 0.2) is 0 Å². The van der Waals surface area contributed by atoms with Crippen molar-refractivity contribution in [2.45, 2.75) is 12.4 Å². The number of rotatable bonds is 7.